The molecule has 134 valence electrons. The number of hydrogen-bond acceptors (Lipinski definition) is 5. The van der Waals surface area contributed by atoms with E-state index >= 15 is 0 Å². The van der Waals surface area contributed by atoms with Gasteiger partial charge in [0.15, 0.2) is 0 Å². The van der Waals surface area contributed by atoms with E-state index in [2.05, 4.69) is 5.32 Å². The predicted octanol–water partition coefficient (Wildman–Crippen LogP) is 1.72. The first-order valence-corrected chi connectivity index (χ1v) is 9.60. The topological polar surface area (TPSA) is 110 Å². The van der Waals surface area contributed by atoms with E-state index < -0.39 is 21.8 Å². The lowest BCUT2D eigenvalue weighted by Crippen LogP contribution is -2.35. The Labute approximate surface area is 150 Å². The number of carbonyl (C=O) groups excluding carboxylic acids is 2. The number of nitrogens with two attached hydrogens (primary N) is 1. The molecule has 0 aliphatic rings. The third kappa shape index (κ3) is 4.44. The van der Waals surface area contributed by atoms with Crippen molar-refractivity contribution in [1.82, 2.24) is 4.31 Å². The summed E-state index contributed by atoms with van der Waals surface area (Å²) in [5, 5.41) is 2.65. The maximum Gasteiger partial charge on any atom is 0.258 e. The van der Waals surface area contributed by atoms with Gasteiger partial charge in [0.25, 0.3) is 5.91 Å². The van der Waals surface area contributed by atoms with Crippen molar-refractivity contribution >= 4 is 38.9 Å². The third-order valence-electron chi connectivity index (χ3n) is 3.50. The van der Waals surface area contributed by atoms with E-state index in [0.29, 0.717) is 10.6 Å². The molecule has 2 amide bonds. The van der Waals surface area contributed by atoms with Gasteiger partial charge in [0.05, 0.1) is 16.3 Å². The summed E-state index contributed by atoms with van der Waals surface area (Å²) in [7, 11) is -2.59. The Kier molecular flexibility index (Phi) is 5.61. The van der Waals surface area contributed by atoms with Gasteiger partial charge in [-0.15, -0.1) is 11.3 Å². The fraction of sp³-hybridized carbons (Fsp3) is 0.250. The van der Waals surface area contributed by atoms with E-state index in [1.54, 1.807) is 19.1 Å². The molecule has 0 bridgehead atoms. The Balaban J connectivity index is 2.13. The average Bonchev–Trinajstić information content (AvgIpc) is 2.92. The Morgan fingerprint density at radius 1 is 1.20 bits per heavy atom. The minimum Gasteiger partial charge on any atom is -0.365 e. The first-order valence-electron chi connectivity index (χ1n) is 7.34. The highest BCUT2D eigenvalue weighted by Gasteiger charge is 2.27. The normalized spacial score (nSPS) is 11.5. The van der Waals surface area contributed by atoms with Gasteiger partial charge in [-0.1, -0.05) is 17.7 Å². The van der Waals surface area contributed by atoms with Crippen LogP contribution in [0.1, 0.15) is 20.1 Å². The van der Waals surface area contributed by atoms with Crippen LogP contribution in [0.25, 0.3) is 0 Å². The lowest BCUT2D eigenvalue weighted by Gasteiger charge is -2.16. The number of hydrogen-bond donors (Lipinski definition) is 2. The summed E-state index contributed by atoms with van der Waals surface area (Å²) in [5.74, 6) is -1.15. The summed E-state index contributed by atoms with van der Waals surface area (Å²) in [6.07, 6.45) is 0. The zero-order valence-electron chi connectivity index (χ0n) is 14.1. The van der Waals surface area contributed by atoms with Crippen LogP contribution in [0, 0.1) is 13.8 Å². The Hall–Kier alpha value is -2.23. The van der Waals surface area contributed by atoms with Crippen LogP contribution in [0.3, 0.4) is 0 Å². The van der Waals surface area contributed by atoms with Crippen LogP contribution in [0.2, 0.25) is 0 Å². The molecular formula is C16H19N3O4S2. The largest absolute Gasteiger partial charge is 0.365 e. The van der Waals surface area contributed by atoms with Crippen molar-refractivity contribution < 1.29 is 18.0 Å². The summed E-state index contributed by atoms with van der Waals surface area (Å²) >= 11 is 1.01. The van der Waals surface area contributed by atoms with Crippen LogP contribution in [0.4, 0.5) is 5.69 Å². The van der Waals surface area contributed by atoms with Gasteiger partial charge in [-0.3, -0.25) is 9.59 Å². The molecule has 1 aromatic heterocycles. The van der Waals surface area contributed by atoms with Crippen LogP contribution < -0.4 is 11.1 Å². The molecule has 9 heteroatoms. The smallest absolute Gasteiger partial charge is 0.258 e. The number of nitrogens with zero attached hydrogens (tertiary/aromatic N) is 1. The molecule has 0 aliphatic heterocycles. The third-order valence-corrected chi connectivity index (χ3v) is 6.63. The molecule has 1 heterocycles. The summed E-state index contributed by atoms with van der Waals surface area (Å²) in [5.41, 5.74) is 6.83. The number of benzene rings is 1. The van der Waals surface area contributed by atoms with Crippen molar-refractivity contribution in [2.45, 2.75) is 18.7 Å². The summed E-state index contributed by atoms with van der Waals surface area (Å²) in [6.45, 7) is 3.16. The van der Waals surface area contributed by atoms with Crippen molar-refractivity contribution in [3.63, 3.8) is 0 Å². The number of amides is 2. The van der Waals surface area contributed by atoms with Gasteiger partial charge in [-0.25, -0.2) is 8.42 Å². The van der Waals surface area contributed by atoms with Crippen LogP contribution in [-0.2, 0) is 14.8 Å². The number of carbonyl (C=O) groups is 2. The van der Waals surface area contributed by atoms with Gasteiger partial charge >= 0.3 is 0 Å². The molecule has 0 atom stereocenters. The molecule has 0 saturated heterocycles. The monoisotopic (exact) mass is 381 g/mol. The Morgan fingerprint density at radius 2 is 1.80 bits per heavy atom. The number of primary amides is 1. The molecule has 2 rings (SSSR count). The molecule has 1 aromatic carbocycles. The van der Waals surface area contributed by atoms with Gasteiger partial charge in [-0.2, -0.15) is 4.31 Å². The van der Waals surface area contributed by atoms with Crippen molar-refractivity contribution in [2.75, 3.05) is 18.9 Å². The van der Waals surface area contributed by atoms with Crippen LogP contribution in [0.15, 0.2) is 35.2 Å². The number of aryl methyl sites for hydroxylation is 2. The van der Waals surface area contributed by atoms with Crippen LogP contribution >= 0.6 is 11.3 Å². The molecule has 0 fully saturated rings. The number of likely N-dealkylation sites (N-methyl/N-ethyl adjacent to an activating group) is 1. The minimum absolute atomic E-state index is 0.0167. The molecule has 7 nitrogen and oxygen atoms in total. The predicted molar refractivity (Wildman–Crippen MR) is 97.2 cm³/mol. The fourth-order valence-electron chi connectivity index (χ4n) is 2.14. The van der Waals surface area contributed by atoms with Gasteiger partial charge in [0, 0.05) is 17.6 Å². The highest BCUT2D eigenvalue weighted by molar-refractivity contribution is 7.89. The highest BCUT2D eigenvalue weighted by Crippen LogP contribution is 2.27. The van der Waals surface area contributed by atoms with E-state index in [1.807, 2.05) is 19.1 Å². The van der Waals surface area contributed by atoms with Crippen molar-refractivity contribution in [3.8, 4) is 0 Å². The van der Waals surface area contributed by atoms with Crippen LogP contribution in [0.5, 0.6) is 0 Å². The molecule has 3 N–H and O–H groups in total. The number of anilines is 1. The standard InChI is InChI=1S/C16H19N3O4S2/c1-10-4-6-12(7-5-10)18-15(20)9-19(3)25(22,23)14-8-13(16(17)21)24-11(14)2/h4-8H,9H2,1-3H3,(H2,17,21)(H,18,20). The minimum atomic E-state index is -3.90. The zero-order valence-corrected chi connectivity index (χ0v) is 15.7. The maximum absolute atomic E-state index is 12.6. The second-order valence-electron chi connectivity index (χ2n) is 5.57. The van der Waals surface area contributed by atoms with E-state index in [0.717, 1.165) is 21.2 Å². The number of nitrogens with one attached hydrogen (secondary N) is 1. The molecule has 25 heavy (non-hydrogen) atoms. The first kappa shape index (κ1) is 19.1. The molecule has 2 aromatic rings. The Morgan fingerprint density at radius 3 is 2.32 bits per heavy atom. The number of rotatable bonds is 6. The van der Waals surface area contributed by atoms with E-state index in [4.69, 9.17) is 5.73 Å². The van der Waals surface area contributed by atoms with E-state index in [9.17, 15) is 18.0 Å². The van der Waals surface area contributed by atoms with Gasteiger partial charge in [-0.05, 0) is 32.0 Å². The molecule has 0 saturated carbocycles. The summed E-state index contributed by atoms with van der Waals surface area (Å²) in [4.78, 5) is 23.9. The maximum atomic E-state index is 12.6. The molecule has 0 unspecified atom stereocenters. The van der Waals surface area contributed by atoms with Crippen molar-refractivity contribution in [3.05, 3.63) is 45.6 Å². The van der Waals surface area contributed by atoms with E-state index in [-0.39, 0.29) is 16.3 Å². The van der Waals surface area contributed by atoms with Gasteiger partial charge in [0.2, 0.25) is 15.9 Å². The highest BCUT2D eigenvalue weighted by atomic mass is 32.2. The molecule has 0 aliphatic carbocycles. The van der Waals surface area contributed by atoms with Gasteiger partial charge < -0.3 is 11.1 Å². The second-order valence-corrected chi connectivity index (χ2v) is 8.84. The molecular weight excluding hydrogens is 362 g/mol. The first-order chi connectivity index (χ1) is 11.6. The SMILES string of the molecule is Cc1ccc(NC(=O)CN(C)S(=O)(=O)c2cc(C(N)=O)sc2C)cc1. The Bertz CT molecular complexity index is 902. The van der Waals surface area contributed by atoms with E-state index in [1.165, 1.54) is 13.1 Å². The number of sulfonamides is 1. The van der Waals surface area contributed by atoms with Crippen LogP contribution in [-0.4, -0.2) is 38.1 Å². The number of thiophene rings is 1. The fourth-order valence-corrected chi connectivity index (χ4v) is 4.67. The van der Waals surface area contributed by atoms with Gasteiger partial charge in [0.1, 0.15) is 0 Å². The van der Waals surface area contributed by atoms with Crippen molar-refractivity contribution in [1.29, 1.82) is 0 Å². The second kappa shape index (κ2) is 7.34. The summed E-state index contributed by atoms with van der Waals surface area (Å²) in [6, 6.07) is 8.41. The lowest BCUT2D eigenvalue weighted by molar-refractivity contribution is -0.116. The molecule has 0 spiro atoms. The lowest BCUT2D eigenvalue weighted by atomic mass is 10.2. The summed E-state index contributed by atoms with van der Waals surface area (Å²) < 4.78 is 26.2. The quantitative estimate of drug-likeness (QED) is 0.794. The zero-order chi connectivity index (χ0) is 18.8. The van der Waals surface area contributed by atoms with Crippen molar-refractivity contribution in [2.24, 2.45) is 5.73 Å². The average molecular weight is 381 g/mol. The molecule has 0 radical (unpaired) electrons.